The third-order valence-electron chi connectivity index (χ3n) is 2.36. The lowest BCUT2D eigenvalue weighted by molar-refractivity contribution is 0.0950. The molecule has 0 saturated carbocycles. The molecule has 0 fully saturated rings. The van der Waals surface area contributed by atoms with Crippen LogP contribution in [0.25, 0.3) is 0 Å². The molecule has 1 aromatic heterocycles. The van der Waals surface area contributed by atoms with Crippen molar-refractivity contribution in [2.45, 2.75) is 13.5 Å². The molecule has 1 amide bonds. The highest BCUT2D eigenvalue weighted by atomic mass is 79.9. The smallest absolute Gasteiger partial charge is 0.251 e. The molecule has 0 spiro atoms. The summed E-state index contributed by atoms with van der Waals surface area (Å²) in [7, 11) is 0. The molecule has 0 unspecified atom stereocenters. The second-order valence-corrected chi connectivity index (χ2v) is 4.83. The molecule has 5 heteroatoms. The summed E-state index contributed by atoms with van der Waals surface area (Å²) < 4.78 is 0.896. The van der Waals surface area contributed by atoms with Gasteiger partial charge in [0.15, 0.2) is 0 Å². The maximum absolute atomic E-state index is 11.9. The van der Waals surface area contributed by atoms with Crippen LogP contribution in [0.4, 0.5) is 0 Å². The molecule has 18 heavy (non-hydrogen) atoms. The predicted molar refractivity (Wildman–Crippen MR) is 72.1 cm³/mol. The van der Waals surface area contributed by atoms with E-state index in [-0.39, 0.29) is 5.91 Å². The van der Waals surface area contributed by atoms with Gasteiger partial charge in [0.1, 0.15) is 0 Å². The van der Waals surface area contributed by atoms with E-state index in [0.717, 1.165) is 15.7 Å². The van der Waals surface area contributed by atoms with E-state index in [1.165, 1.54) is 0 Å². The van der Waals surface area contributed by atoms with Gasteiger partial charge in [-0.3, -0.25) is 4.79 Å². The topological polar surface area (TPSA) is 54.9 Å². The van der Waals surface area contributed by atoms with Crippen molar-refractivity contribution in [3.8, 4) is 0 Å². The summed E-state index contributed by atoms with van der Waals surface area (Å²) in [4.78, 5) is 11.9. The van der Waals surface area contributed by atoms with Gasteiger partial charge in [0, 0.05) is 16.2 Å². The SMILES string of the molecule is Cc1cc(Br)cc(C(=O)NCc2cccnn2)c1. The lowest BCUT2D eigenvalue weighted by Gasteiger charge is -2.06. The van der Waals surface area contributed by atoms with Crippen molar-refractivity contribution in [1.29, 1.82) is 0 Å². The van der Waals surface area contributed by atoms with Gasteiger partial charge in [-0.05, 0) is 42.8 Å². The Morgan fingerprint density at radius 3 is 2.89 bits per heavy atom. The van der Waals surface area contributed by atoms with Crippen molar-refractivity contribution in [3.05, 3.63) is 57.8 Å². The average molecular weight is 306 g/mol. The quantitative estimate of drug-likeness (QED) is 0.948. The van der Waals surface area contributed by atoms with E-state index in [9.17, 15) is 4.79 Å². The third-order valence-corrected chi connectivity index (χ3v) is 2.82. The summed E-state index contributed by atoms with van der Waals surface area (Å²) in [5, 5.41) is 10.5. The van der Waals surface area contributed by atoms with Crippen molar-refractivity contribution >= 4 is 21.8 Å². The van der Waals surface area contributed by atoms with Gasteiger partial charge in [-0.1, -0.05) is 15.9 Å². The minimum Gasteiger partial charge on any atom is -0.346 e. The molecule has 1 aromatic carbocycles. The van der Waals surface area contributed by atoms with Gasteiger partial charge in [-0.2, -0.15) is 10.2 Å². The summed E-state index contributed by atoms with van der Waals surface area (Å²) in [5.41, 5.74) is 2.40. The zero-order chi connectivity index (χ0) is 13.0. The number of aryl methyl sites for hydroxylation is 1. The fraction of sp³-hybridized carbons (Fsp3) is 0.154. The normalized spacial score (nSPS) is 10.1. The Kier molecular flexibility index (Phi) is 4.04. The summed E-state index contributed by atoms with van der Waals surface area (Å²) in [5.74, 6) is -0.120. The lowest BCUT2D eigenvalue weighted by atomic mass is 10.1. The van der Waals surface area contributed by atoms with E-state index >= 15 is 0 Å². The average Bonchev–Trinajstić information content (AvgIpc) is 2.36. The monoisotopic (exact) mass is 305 g/mol. The van der Waals surface area contributed by atoms with E-state index in [0.29, 0.717) is 12.1 Å². The van der Waals surface area contributed by atoms with Gasteiger partial charge in [0.2, 0.25) is 0 Å². The van der Waals surface area contributed by atoms with Crippen LogP contribution in [0.15, 0.2) is 41.0 Å². The molecule has 1 N–H and O–H groups in total. The van der Waals surface area contributed by atoms with Crippen molar-refractivity contribution < 1.29 is 4.79 Å². The van der Waals surface area contributed by atoms with Crippen LogP contribution < -0.4 is 5.32 Å². The molecule has 0 aliphatic carbocycles. The first-order chi connectivity index (χ1) is 8.65. The van der Waals surface area contributed by atoms with Crippen LogP contribution >= 0.6 is 15.9 Å². The van der Waals surface area contributed by atoms with Gasteiger partial charge >= 0.3 is 0 Å². The van der Waals surface area contributed by atoms with Gasteiger partial charge in [0.25, 0.3) is 5.91 Å². The molecule has 2 rings (SSSR count). The molecule has 0 saturated heterocycles. The number of hydrogen-bond acceptors (Lipinski definition) is 3. The number of nitrogens with one attached hydrogen (secondary N) is 1. The van der Waals surface area contributed by atoms with E-state index < -0.39 is 0 Å². The van der Waals surface area contributed by atoms with Crippen LogP contribution in [-0.2, 0) is 6.54 Å². The minimum atomic E-state index is -0.120. The fourth-order valence-electron chi connectivity index (χ4n) is 1.57. The second-order valence-electron chi connectivity index (χ2n) is 3.91. The Morgan fingerprint density at radius 1 is 1.39 bits per heavy atom. The highest BCUT2D eigenvalue weighted by molar-refractivity contribution is 9.10. The highest BCUT2D eigenvalue weighted by Gasteiger charge is 2.07. The maximum Gasteiger partial charge on any atom is 0.251 e. The summed E-state index contributed by atoms with van der Waals surface area (Å²) in [6.07, 6.45) is 1.60. The Labute approximate surface area is 114 Å². The standard InChI is InChI=1S/C13H12BrN3O/c1-9-5-10(7-11(14)6-9)13(18)15-8-12-3-2-4-16-17-12/h2-7H,8H2,1H3,(H,15,18). The number of halogens is 1. The molecule has 4 nitrogen and oxygen atoms in total. The van der Waals surface area contributed by atoms with E-state index in [4.69, 9.17) is 0 Å². The first-order valence-corrected chi connectivity index (χ1v) is 6.26. The van der Waals surface area contributed by atoms with Crippen molar-refractivity contribution in [1.82, 2.24) is 15.5 Å². The van der Waals surface area contributed by atoms with E-state index in [1.807, 2.05) is 25.1 Å². The van der Waals surface area contributed by atoms with Crippen molar-refractivity contribution in [2.75, 3.05) is 0 Å². The molecule has 2 aromatic rings. The van der Waals surface area contributed by atoms with Gasteiger partial charge < -0.3 is 5.32 Å². The number of nitrogens with zero attached hydrogens (tertiary/aromatic N) is 2. The van der Waals surface area contributed by atoms with Gasteiger partial charge in [0.05, 0.1) is 12.2 Å². The number of carbonyl (C=O) groups excluding carboxylic acids is 1. The van der Waals surface area contributed by atoms with Crippen LogP contribution in [-0.4, -0.2) is 16.1 Å². The minimum absolute atomic E-state index is 0.120. The largest absolute Gasteiger partial charge is 0.346 e. The first kappa shape index (κ1) is 12.7. The zero-order valence-corrected chi connectivity index (χ0v) is 11.4. The number of aromatic nitrogens is 2. The lowest BCUT2D eigenvalue weighted by Crippen LogP contribution is -2.23. The van der Waals surface area contributed by atoms with Crippen LogP contribution in [0.5, 0.6) is 0 Å². The van der Waals surface area contributed by atoms with Crippen molar-refractivity contribution in [2.24, 2.45) is 0 Å². The highest BCUT2D eigenvalue weighted by Crippen LogP contribution is 2.15. The first-order valence-electron chi connectivity index (χ1n) is 5.47. The number of benzene rings is 1. The molecular formula is C13H12BrN3O. The molecule has 1 heterocycles. The number of carbonyl (C=O) groups is 1. The van der Waals surface area contributed by atoms with E-state index in [2.05, 4.69) is 31.4 Å². The summed E-state index contributed by atoms with van der Waals surface area (Å²) in [6.45, 7) is 2.32. The Hall–Kier alpha value is -1.75. The van der Waals surface area contributed by atoms with Crippen molar-refractivity contribution in [3.63, 3.8) is 0 Å². The predicted octanol–water partition coefficient (Wildman–Crippen LogP) is 2.48. The summed E-state index contributed by atoms with van der Waals surface area (Å²) >= 11 is 3.37. The molecule has 92 valence electrons. The number of amides is 1. The molecule has 0 radical (unpaired) electrons. The third kappa shape index (κ3) is 3.37. The Bertz CT molecular complexity index is 537. The van der Waals surface area contributed by atoms with Crippen LogP contribution in [0.2, 0.25) is 0 Å². The van der Waals surface area contributed by atoms with Gasteiger partial charge in [-0.25, -0.2) is 0 Å². The molecule has 0 bridgehead atoms. The Morgan fingerprint density at radius 2 is 2.22 bits per heavy atom. The van der Waals surface area contributed by atoms with E-state index in [1.54, 1.807) is 18.3 Å². The Balaban J connectivity index is 2.04. The molecule has 0 atom stereocenters. The zero-order valence-electron chi connectivity index (χ0n) is 9.85. The molecular weight excluding hydrogens is 294 g/mol. The molecule has 0 aliphatic heterocycles. The van der Waals surface area contributed by atoms with Crippen LogP contribution in [0, 0.1) is 6.92 Å². The summed E-state index contributed by atoms with van der Waals surface area (Å²) in [6, 6.07) is 9.20. The molecule has 0 aliphatic rings. The number of hydrogen-bond donors (Lipinski definition) is 1. The van der Waals surface area contributed by atoms with Crippen LogP contribution in [0.3, 0.4) is 0 Å². The fourth-order valence-corrected chi connectivity index (χ4v) is 2.18. The maximum atomic E-state index is 11.9. The second kappa shape index (κ2) is 5.73. The number of rotatable bonds is 3. The van der Waals surface area contributed by atoms with Gasteiger partial charge in [-0.15, -0.1) is 0 Å². The van der Waals surface area contributed by atoms with Crippen LogP contribution in [0.1, 0.15) is 21.6 Å².